The highest BCUT2D eigenvalue weighted by Crippen LogP contribution is 2.39. The van der Waals surface area contributed by atoms with Crippen LogP contribution in [-0.4, -0.2) is 53.0 Å². The molecule has 2 aromatic rings. The SMILES string of the molecule is COC(=O)N1c2ccc(-c3cn(C)nn3)cc2N(C(=O)OC(C)C)C[C@@H]1C. The van der Waals surface area contributed by atoms with Crippen LogP contribution < -0.4 is 9.80 Å². The fourth-order valence-electron chi connectivity index (χ4n) is 3.08. The number of carbonyl (C=O) groups is 2. The third-order valence-corrected chi connectivity index (χ3v) is 4.24. The fourth-order valence-corrected chi connectivity index (χ4v) is 3.08. The van der Waals surface area contributed by atoms with Gasteiger partial charge in [-0.1, -0.05) is 11.3 Å². The monoisotopic (exact) mass is 373 g/mol. The molecule has 9 heteroatoms. The van der Waals surface area contributed by atoms with Crippen molar-refractivity contribution in [1.29, 1.82) is 0 Å². The first kappa shape index (κ1) is 18.7. The van der Waals surface area contributed by atoms with E-state index in [1.165, 1.54) is 12.0 Å². The molecule has 144 valence electrons. The Labute approximate surface area is 157 Å². The van der Waals surface area contributed by atoms with Gasteiger partial charge >= 0.3 is 12.2 Å². The van der Waals surface area contributed by atoms with Crippen molar-refractivity contribution in [2.24, 2.45) is 7.05 Å². The summed E-state index contributed by atoms with van der Waals surface area (Å²) < 4.78 is 11.9. The maximum Gasteiger partial charge on any atom is 0.414 e. The van der Waals surface area contributed by atoms with Crippen LogP contribution in [0.15, 0.2) is 24.4 Å². The van der Waals surface area contributed by atoms with Crippen LogP contribution in [-0.2, 0) is 16.5 Å². The Bertz CT molecular complexity index is 863. The lowest BCUT2D eigenvalue weighted by molar-refractivity contribution is 0.121. The molecule has 2 heterocycles. The number of ether oxygens (including phenoxy) is 2. The number of nitrogens with zero attached hydrogens (tertiary/aromatic N) is 5. The summed E-state index contributed by atoms with van der Waals surface area (Å²) in [5, 5.41) is 8.06. The van der Waals surface area contributed by atoms with E-state index in [-0.39, 0.29) is 18.7 Å². The van der Waals surface area contributed by atoms with E-state index in [4.69, 9.17) is 9.47 Å². The lowest BCUT2D eigenvalue weighted by atomic mass is 10.0. The second kappa shape index (κ2) is 7.26. The van der Waals surface area contributed by atoms with E-state index in [2.05, 4.69) is 10.3 Å². The molecule has 9 nitrogen and oxygen atoms in total. The van der Waals surface area contributed by atoms with Crippen LogP contribution in [0.5, 0.6) is 0 Å². The highest BCUT2D eigenvalue weighted by atomic mass is 16.6. The van der Waals surface area contributed by atoms with E-state index in [0.717, 1.165) is 5.56 Å². The van der Waals surface area contributed by atoms with Gasteiger partial charge in [0.05, 0.1) is 43.4 Å². The topological polar surface area (TPSA) is 89.8 Å². The van der Waals surface area contributed by atoms with Crippen LogP contribution in [0.2, 0.25) is 0 Å². The molecule has 0 aliphatic carbocycles. The quantitative estimate of drug-likeness (QED) is 0.804. The molecule has 27 heavy (non-hydrogen) atoms. The van der Waals surface area contributed by atoms with E-state index < -0.39 is 12.2 Å². The molecule has 0 bridgehead atoms. The van der Waals surface area contributed by atoms with Crippen LogP contribution >= 0.6 is 0 Å². The van der Waals surface area contributed by atoms with Crippen molar-refractivity contribution >= 4 is 23.6 Å². The maximum absolute atomic E-state index is 12.7. The Morgan fingerprint density at radius 3 is 2.56 bits per heavy atom. The molecule has 3 rings (SSSR count). The molecular formula is C18H23N5O4. The van der Waals surface area contributed by atoms with Crippen LogP contribution in [0.4, 0.5) is 21.0 Å². The number of aryl methyl sites for hydroxylation is 1. The van der Waals surface area contributed by atoms with Gasteiger partial charge in [-0.25, -0.2) is 9.59 Å². The summed E-state index contributed by atoms with van der Waals surface area (Å²) in [5.41, 5.74) is 2.59. The number of rotatable bonds is 2. The zero-order chi connectivity index (χ0) is 19.7. The van der Waals surface area contributed by atoms with Crippen molar-refractivity contribution < 1.29 is 19.1 Å². The first-order valence-electron chi connectivity index (χ1n) is 8.68. The largest absolute Gasteiger partial charge is 0.452 e. The standard InChI is InChI=1S/C18H23N5O4/c1-11(2)27-17(24)22-9-12(3)23(18(25)26-5)15-7-6-13(8-16(15)22)14-10-21(4)20-19-14/h6-8,10-12H,9H2,1-5H3/t12-/m0/s1. The van der Waals surface area contributed by atoms with Gasteiger partial charge in [-0.3, -0.25) is 14.5 Å². The third-order valence-electron chi connectivity index (χ3n) is 4.24. The molecule has 1 aliphatic heterocycles. The van der Waals surface area contributed by atoms with Crippen LogP contribution in [0, 0.1) is 0 Å². The van der Waals surface area contributed by atoms with Gasteiger partial charge in [0, 0.05) is 12.6 Å². The summed E-state index contributed by atoms with van der Waals surface area (Å²) in [4.78, 5) is 28.0. The Hall–Kier alpha value is -3.10. The van der Waals surface area contributed by atoms with Crippen molar-refractivity contribution in [2.45, 2.75) is 32.9 Å². The molecule has 1 aromatic heterocycles. The van der Waals surface area contributed by atoms with Crippen molar-refractivity contribution in [3.8, 4) is 11.3 Å². The molecule has 1 aromatic carbocycles. The summed E-state index contributed by atoms with van der Waals surface area (Å²) >= 11 is 0. The van der Waals surface area contributed by atoms with E-state index in [1.54, 1.807) is 42.7 Å². The molecule has 0 unspecified atom stereocenters. The van der Waals surface area contributed by atoms with Gasteiger partial charge < -0.3 is 9.47 Å². The summed E-state index contributed by atoms with van der Waals surface area (Å²) in [6.07, 6.45) is 0.590. The number of aromatic nitrogens is 3. The molecule has 0 N–H and O–H groups in total. The van der Waals surface area contributed by atoms with Crippen LogP contribution in [0.1, 0.15) is 20.8 Å². The highest BCUT2D eigenvalue weighted by molar-refractivity contribution is 6.01. The number of hydrogen-bond donors (Lipinski definition) is 0. The Morgan fingerprint density at radius 2 is 1.96 bits per heavy atom. The van der Waals surface area contributed by atoms with Gasteiger partial charge in [0.1, 0.15) is 5.69 Å². The number of anilines is 2. The van der Waals surface area contributed by atoms with Gasteiger partial charge in [0.25, 0.3) is 0 Å². The molecule has 0 saturated carbocycles. The number of amides is 2. The van der Waals surface area contributed by atoms with Crippen LogP contribution in [0.3, 0.4) is 0 Å². The smallest absolute Gasteiger partial charge is 0.414 e. The van der Waals surface area contributed by atoms with E-state index in [0.29, 0.717) is 17.1 Å². The van der Waals surface area contributed by atoms with Crippen molar-refractivity contribution in [2.75, 3.05) is 23.5 Å². The maximum atomic E-state index is 12.7. The average Bonchev–Trinajstić information content (AvgIpc) is 3.06. The molecule has 0 saturated heterocycles. The predicted molar refractivity (Wildman–Crippen MR) is 99.7 cm³/mol. The van der Waals surface area contributed by atoms with Crippen molar-refractivity contribution in [3.63, 3.8) is 0 Å². The normalized spacial score (nSPS) is 16.3. The minimum Gasteiger partial charge on any atom is -0.452 e. The van der Waals surface area contributed by atoms with Crippen molar-refractivity contribution in [3.05, 3.63) is 24.4 Å². The Kier molecular flexibility index (Phi) is 5.02. The lowest BCUT2D eigenvalue weighted by Crippen LogP contribution is -2.52. The van der Waals surface area contributed by atoms with Gasteiger partial charge in [-0.2, -0.15) is 0 Å². The first-order valence-corrected chi connectivity index (χ1v) is 8.68. The predicted octanol–water partition coefficient (Wildman–Crippen LogP) is 2.81. The minimum absolute atomic E-state index is 0.252. The molecular weight excluding hydrogens is 350 g/mol. The van der Waals surface area contributed by atoms with Gasteiger partial charge in [-0.15, -0.1) is 5.10 Å². The van der Waals surface area contributed by atoms with Gasteiger partial charge in [-0.05, 0) is 32.9 Å². The fraction of sp³-hybridized carbons (Fsp3) is 0.444. The molecule has 1 atom stereocenters. The molecule has 0 spiro atoms. The molecule has 1 aliphatic rings. The van der Waals surface area contributed by atoms with E-state index in [1.807, 2.05) is 19.1 Å². The zero-order valence-electron chi connectivity index (χ0n) is 16.0. The summed E-state index contributed by atoms with van der Waals surface area (Å²) in [5.74, 6) is 0. The van der Waals surface area contributed by atoms with E-state index >= 15 is 0 Å². The molecule has 0 fully saturated rings. The Morgan fingerprint density at radius 1 is 1.22 bits per heavy atom. The summed E-state index contributed by atoms with van der Waals surface area (Å²) in [7, 11) is 3.12. The van der Waals surface area contributed by atoms with Gasteiger partial charge in [0.2, 0.25) is 0 Å². The number of fused-ring (bicyclic) bond motifs is 1. The lowest BCUT2D eigenvalue weighted by Gasteiger charge is -2.40. The summed E-state index contributed by atoms with van der Waals surface area (Å²) in [6.45, 7) is 5.73. The van der Waals surface area contributed by atoms with Crippen molar-refractivity contribution in [1.82, 2.24) is 15.0 Å². The second-order valence-electron chi connectivity index (χ2n) is 6.71. The minimum atomic E-state index is -0.479. The molecule has 0 radical (unpaired) electrons. The second-order valence-corrected chi connectivity index (χ2v) is 6.71. The van der Waals surface area contributed by atoms with Crippen LogP contribution in [0.25, 0.3) is 11.3 Å². The number of hydrogen-bond acceptors (Lipinski definition) is 6. The highest BCUT2D eigenvalue weighted by Gasteiger charge is 2.36. The number of methoxy groups -OCH3 is 1. The zero-order valence-corrected chi connectivity index (χ0v) is 16.0. The molecule has 2 amide bonds. The van der Waals surface area contributed by atoms with E-state index in [9.17, 15) is 9.59 Å². The summed E-state index contributed by atoms with van der Waals surface area (Å²) in [6, 6.07) is 5.15. The number of benzene rings is 1. The number of carbonyl (C=O) groups excluding carboxylic acids is 2. The Balaban J connectivity index is 2.09. The van der Waals surface area contributed by atoms with Gasteiger partial charge in [0.15, 0.2) is 0 Å². The average molecular weight is 373 g/mol. The first-order chi connectivity index (χ1) is 12.8. The third kappa shape index (κ3) is 3.57.